The predicted octanol–water partition coefficient (Wildman–Crippen LogP) is 2.29. The van der Waals surface area contributed by atoms with Crippen LogP contribution in [0.4, 0.5) is 0 Å². The SMILES string of the molecule is CC1(CO)CCCC1NC1Cc2ccccc2C1. The molecule has 0 saturated heterocycles. The van der Waals surface area contributed by atoms with Gasteiger partial charge in [0, 0.05) is 24.1 Å². The summed E-state index contributed by atoms with van der Waals surface area (Å²) < 4.78 is 0. The average Bonchev–Trinajstić information content (AvgIpc) is 2.94. The molecule has 2 atom stereocenters. The van der Waals surface area contributed by atoms with E-state index >= 15 is 0 Å². The summed E-state index contributed by atoms with van der Waals surface area (Å²) in [6.07, 6.45) is 5.90. The fraction of sp³-hybridized carbons (Fsp3) is 0.625. The Kier molecular flexibility index (Phi) is 3.16. The van der Waals surface area contributed by atoms with Crippen LogP contribution in [0.5, 0.6) is 0 Å². The van der Waals surface area contributed by atoms with E-state index in [4.69, 9.17) is 0 Å². The summed E-state index contributed by atoms with van der Waals surface area (Å²) in [7, 11) is 0. The van der Waals surface area contributed by atoms with Crippen molar-refractivity contribution in [1.82, 2.24) is 5.32 Å². The van der Waals surface area contributed by atoms with Gasteiger partial charge in [-0.2, -0.15) is 0 Å². The number of rotatable bonds is 3. The van der Waals surface area contributed by atoms with Gasteiger partial charge in [0.15, 0.2) is 0 Å². The van der Waals surface area contributed by atoms with Gasteiger partial charge in [0.1, 0.15) is 0 Å². The van der Waals surface area contributed by atoms with Gasteiger partial charge in [-0.05, 0) is 36.8 Å². The minimum Gasteiger partial charge on any atom is -0.396 e. The molecule has 0 aliphatic heterocycles. The topological polar surface area (TPSA) is 32.3 Å². The summed E-state index contributed by atoms with van der Waals surface area (Å²) in [4.78, 5) is 0. The van der Waals surface area contributed by atoms with Crippen LogP contribution in [0, 0.1) is 5.41 Å². The highest BCUT2D eigenvalue weighted by Crippen LogP contribution is 2.38. The molecule has 1 aromatic carbocycles. The van der Waals surface area contributed by atoms with Crippen molar-refractivity contribution in [2.75, 3.05) is 6.61 Å². The van der Waals surface area contributed by atoms with Gasteiger partial charge in [-0.25, -0.2) is 0 Å². The fourth-order valence-electron chi connectivity index (χ4n) is 3.67. The Labute approximate surface area is 109 Å². The fourth-order valence-corrected chi connectivity index (χ4v) is 3.67. The van der Waals surface area contributed by atoms with E-state index in [9.17, 15) is 5.11 Å². The standard InChI is InChI=1S/C16H23NO/c1-16(11-18)8-4-7-15(16)17-14-9-12-5-2-3-6-13(12)10-14/h2-3,5-6,14-15,17-18H,4,7-11H2,1H3. The first-order valence-corrected chi connectivity index (χ1v) is 7.15. The van der Waals surface area contributed by atoms with E-state index in [1.165, 1.54) is 24.0 Å². The molecule has 98 valence electrons. The lowest BCUT2D eigenvalue weighted by atomic mass is 9.85. The van der Waals surface area contributed by atoms with E-state index in [0.29, 0.717) is 18.7 Å². The van der Waals surface area contributed by atoms with Crippen LogP contribution in [0.15, 0.2) is 24.3 Å². The van der Waals surface area contributed by atoms with Crippen molar-refractivity contribution in [3.05, 3.63) is 35.4 Å². The quantitative estimate of drug-likeness (QED) is 0.856. The van der Waals surface area contributed by atoms with E-state index in [0.717, 1.165) is 19.3 Å². The third kappa shape index (κ3) is 2.08. The zero-order chi connectivity index (χ0) is 12.6. The molecular formula is C16H23NO. The number of benzene rings is 1. The average molecular weight is 245 g/mol. The van der Waals surface area contributed by atoms with Crippen molar-refractivity contribution in [2.45, 2.75) is 51.1 Å². The highest BCUT2D eigenvalue weighted by molar-refractivity contribution is 5.33. The molecule has 2 heteroatoms. The number of aliphatic hydroxyl groups is 1. The van der Waals surface area contributed by atoms with E-state index in [1.54, 1.807) is 0 Å². The van der Waals surface area contributed by atoms with E-state index in [1.807, 2.05) is 0 Å². The second-order valence-electron chi connectivity index (χ2n) is 6.30. The molecule has 0 spiro atoms. The highest BCUT2D eigenvalue weighted by Gasteiger charge is 2.39. The lowest BCUT2D eigenvalue weighted by Gasteiger charge is -2.32. The first kappa shape index (κ1) is 12.2. The molecule has 2 unspecified atom stereocenters. The van der Waals surface area contributed by atoms with Crippen molar-refractivity contribution in [2.24, 2.45) is 5.41 Å². The van der Waals surface area contributed by atoms with Gasteiger partial charge < -0.3 is 10.4 Å². The summed E-state index contributed by atoms with van der Waals surface area (Å²) in [6.45, 7) is 2.53. The number of hydrogen-bond acceptors (Lipinski definition) is 2. The molecule has 0 aromatic heterocycles. The Morgan fingerprint density at radius 3 is 2.56 bits per heavy atom. The summed E-state index contributed by atoms with van der Waals surface area (Å²) in [5.74, 6) is 0. The van der Waals surface area contributed by atoms with Crippen LogP contribution in [-0.2, 0) is 12.8 Å². The molecule has 2 aliphatic rings. The van der Waals surface area contributed by atoms with Gasteiger partial charge in [0.2, 0.25) is 0 Å². The van der Waals surface area contributed by atoms with Gasteiger partial charge in [0.25, 0.3) is 0 Å². The minimum absolute atomic E-state index is 0.0920. The van der Waals surface area contributed by atoms with Crippen LogP contribution >= 0.6 is 0 Å². The van der Waals surface area contributed by atoms with Crippen molar-refractivity contribution < 1.29 is 5.11 Å². The molecule has 1 saturated carbocycles. The molecule has 0 heterocycles. The van der Waals surface area contributed by atoms with E-state index in [-0.39, 0.29) is 5.41 Å². The summed E-state index contributed by atoms with van der Waals surface area (Å²) in [5.41, 5.74) is 3.09. The van der Waals surface area contributed by atoms with Gasteiger partial charge in [0.05, 0.1) is 0 Å². The van der Waals surface area contributed by atoms with Crippen molar-refractivity contribution in [3.8, 4) is 0 Å². The number of aliphatic hydroxyl groups excluding tert-OH is 1. The largest absolute Gasteiger partial charge is 0.396 e. The van der Waals surface area contributed by atoms with Crippen LogP contribution < -0.4 is 5.32 Å². The van der Waals surface area contributed by atoms with Gasteiger partial charge in [-0.15, -0.1) is 0 Å². The maximum atomic E-state index is 9.60. The Morgan fingerprint density at radius 1 is 1.28 bits per heavy atom. The predicted molar refractivity (Wildman–Crippen MR) is 73.6 cm³/mol. The van der Waals surface area contributed by atoms with Crippen molar-refractivity contribution >= 4 is 0 Å². The molecule has 2 N–H and O–H groups in total. The van der Waals surface area contributed by atoms with Gasteiger partial charge >= 0.3 is 0 Å². The van der Waals surface area contributed by atoms with Crippen LogP contribution in [0.1, 0.15) is 37.3 Å². The molecule has 18 heavy (non-hydrogen) atoms. The third-order valence-corrected chi connectivity index (χ3v) is 4.93. The van der Waals surface area contributed by atoms with Crippen LogP contribution in [-0.4, -0.2) is 23.8 Å². The lowest BCUT2D eigenvalue weighted by Crippen LogP contribution is -2.47. The van der Waals surface area contributed by atoms with Gasteiger partial charge in [-0.3, -0.25) is 0 Å². The first-order valence-electron chi connectivity index (χ1n) is 7.15. The highest BCUT2D eigenvalue weighted by atomic mass is 16.3. The molecule has 0 amide bonds. The zero-order valence-electron chi connectivity index (χ0n) is 11.2. The minimum atomic E-state index is 0.0920. The molecule has 0 radical (unpaired) electrons. The molecule has 1 aromatic rings. The maximum absolute atomic E-state index is 9.60. The Bertz CT molecular complexity index is 406. The van der Waals surface area contributed by atoms with Crippen LogP contribution in [0.3, 0.4) is 0 Å². The second-order valence-corrected chi connectivity index (χ2v) is 6.30. The normalized spacial score (nSPS) is 31.8. The maximum Gasteiger partial charge on any atom is 0.0499 e. The van der Waals surface area contributed by atoms with Crippen LogP contribution in [0.25, 0.3) is 0 Å². The van der Waals surface area contributed by atoms with E-state index in [2.05, 4.69) is 36.5 Å². The molecule has 2 aliphatic carbocycles. The Morgan fingerprint density at radius 2 is 1.94 bits per heavy atom. The molecular weight excluding hydrogens is 222 g/mol. The summed E-state index contributed by atoms with van der Waals surface area (Å²) >= 11 is 0. The van der Waals surface area contributed by atoms with E-state index < -0.39 is 0 Å². The smallest absolute Gasteiger partial charge is 0.0499 e. The second kappa shape index (κ2) is 4.67. The van der Waals surface area contributed by atoms with Crippen molar-refractivity contribution in [1.29, 1.82) is 0 Å². The van der Waals surface area contributed by atoms with Crippen molar-refractivity contribution in [3.63, 3.8) is 0 Å². The molecule has 3 rings (SSSR count). The number of hydrogen-bond donors (Lipinski definition) is 2. The zero-order valence-corrected chi connectivity index (χ0v) is 11.2. The molecule has 2 nitrogen and oxygen atoms in total. The summed E-state index contributed by atoms with van der Waals surface area (Å²) in [5, 5.41) is 13.4. The molecule has 0 bridgehead atoms. The lowest BCUT2D eigenvalue weighted by molar-refractivity contribution is 0.114. The third-order valence-electron chi connectivity index (χ3n) is 4.93. The summed E-state index contributed by atoms with van der Waals surface area (Å²) in [6, 6.07) is 9.81. The van der Waals surface area contributed by atoms with Gasteiger partial charge in [-0.1, -0.05) is 37.6 Å². The first-order chi connectivity index (χ1) is 8.71. The number of nitrogens with one attached hydrogen (secondary N) is 1. The number of fused-ring (bicyclic) bond motifs is 1. The Balaban J connectivity index is 1.66. The monoisotopic (exact) mass is 245 g/mol. The Hall–Kier alpha value is -0.860. The molecule has 1 fully saturated rings. The van der Waals surface area contributed by atoms with Crippen LogP contribution in [0.2, 0.25) is 0 Å².